The van der Waals surface area contributed by atoms with Crippen molar-refractivity contribution in [3.05, 3.63) is 53.1 Å². The first-order chi connectivity index (χ1) is 9.63. The molecular weight excluding hydrogens is 276 g/mol. The summed E-state index contributed by atoms with van der Waals surface area (Å²) in [5.41, 5.74) is 7.81. The van der Waals surface area contributed by atoms with Crippen LogP contribution in [0.5, 0.6) is 5.75 Å². The van der Waals surface area contributed by atoms with Crippen LogP contribution in [-0.4, -0.2) is 12.0 Å². The molecule has 0 radical (unpaired) electrons. The smallest absolute Gasteiger partial charge is 0.265 e. The first-order valence-electron chi connectivity index (χ1n) is 6.24. The second-order valence-electron chi connectivity index (χ2n) is 4.64. The van der Waals surface area contributed by atoms with E-state index in [-0.39, 0.29) is 5.91 Å². The van der Waals surface area contributed by atoms with Crippen LogP contribution in [0.3, 0.4) is 0 Å². The van der Waals surface area contributed by atoms with Gasteiger partial charge in [0.05, 0.1) is 11.4 Å². The number of nitrogens with one attached hydrogen (secondary N) is 1. The van der Waals surface area contributed by atoms with Gasteiger partial charge in [-0.25, -0.2) is 0 Å². The van der Waals surface area contributed by atoms with Gasteiger partial charge in [0.15, 0.2) is 6.10 Å². The normalized spacial score (nSPS) is 16.4. The van der Waals surface area contributed by atoms with Crippen LogP contribution in [0.2, 0.25) is 5.02 Å². The van der Waals surface area contributed by atoms with Crippen molar-refractivity contribution in [3.8, 4) is 5.75 Å². The lowest BCUT2D eigenvalue weighted by molar-refractivity contribution is -0.122. The summed E-state index contributed by atoms with van der Waals surface area (Å²) in [7, 11) is 0. The van der Waals surface area contributed by atoms with Crippen LogP contribution in [0.4, 0.5) is 11.4 Å². The number of benzene rings is 2. The molecule has 1 heterocycles. The first-order valence-corrected chi connectivity index (χ1v) is 6.62. The van der Waals surface area contributed by atoms with E-state index in [0.717, 1.165) is 11.3 Å². The van der Waals surface area contributed by atoms with Gasteiger partial charge in [0.25, 0.3) is 5.91 Å². The van der Waals surface area contributed by atoms with Crippen molar-refractivity contribution in [2.24, 2.45) is 0 Å². The van der Waals surface area contributed by atoms with Gasteiger partial charge < -0.3 is 15.8 Å². The molecule has 0 saturated heterocycles. The molecule has 1 unspecified atom stereocenters. The molecule has 2 aromatic rings. The summed E-state index contributed by atoms with van der Waals surface area (Å²) in [6, 6.07) is 12.6. The summed E-state index contributed by atoms with van der Waals surface area (Å²) < 4.78 is 5.63. The van der Waals surface area contributed by atoms with Gasteiger partial charge >= 0.3 is 0 Å². The number of anilines is 2. The molecule has 0 spiro atoms. The number of nitrogens with two attached hydrogens (primary N) is 1. The minimum absolute atomic E-state index is 0.227. The number of carbonyl (C=O) groups excluding carboxylic acids is 1. The van der Waals surface area contributed by atoms with Crippen molar-refractivity contribution in [2.75, 3.05) is 11.1 Å². The largest absolute Gasteiger partial charge is 0.480 e. The van der Waals surface area contributed by atoms with E-state index in [1.54, 1.807) is 18.2 Å². The van der Waals surface area contributed by atoms with Crippen molar-refractivity contribution < 1.29 is 9.53 Å². The van der Waals surface area contributed by atoms with Crippen LogP contribution >= 0.6 is 11.6 Å². The van der Waals surface area contributed by atoms with Crippen molar-refractivity contribution >= 4 is 28.9 Å². The highest BCUT2D eigenvalue weighted by Gasteiger charge is 2.29. The number of rotatable bonds is 2. The third-order valence-electron chi connectivity index (χ3n) is 3.21. The summed E-state index contributed by atoms with van der Waals surface area (Å²) in [4.78, 5) is 12.2. The Morgan fingerprint density at radius 2 is 2.10 bits per heavy atom. The zero-order chi connectivity index (χ0) is 14.1. The Balaban J connectivity index is 1.74. The summed E-state index contributed by atoms with van der Waals surface area (Å²) in [6.07, 6.45) is 0.0217. The van der Waals surface area contributed by atoms with Crippen LogP contribution in [0, 0.1) is 0 Å². The van der Waals surface area contributed by atoms with Crippen molar-refractivity contribution in [3.63, 3.8) is 0 Å². The molecule has 5 heteroatoms. The number of carbonyl (C=O) groups is 1. The average Bonchev–Trinajstić information content (AvgIpc) is 2.87. The summed E-state index contributed by atoms with van der Waals surface area (Å²) in [5.74, 6) is 0.530. The summed E-state index contributed by atoms with van der Waals surface area (Å²) in [5, 5.41) is 3.27. The maximum atomic E-state index is 12.2. The molecule has 102 valence electrons. The Morgan fingerprint density at radius 3 is 2.90 bits per heavy atom. The molecule has 1 amide bonds. The van der Waals surface area contributed by atoms with Crippen molar-refractivity contribution in [1.82, 2.24) is 0 Å². The fourth-order valence-corrected chi connectivity index (χ4v) is 2.35. The number of nitrogen functional groups attached to an aromatic ring is 1. The maximum absolute atomic E-state index is 12.2. The number of halogens is 1. The number of hydrogen-bond donors (Lipinski definition) is 2. The Hall–Kier alpha value is -2.20. The number of amides is 1. The lowest BCUT2D eigenvalue weighted by Crippen LogP contribution is -2.31. The Kier molecular flexibility index (Phi) is 3.24. The van der Waals surface area contributed by atoms with Crippen LogP contribution in [0.25, 0.3) is 0 Å². The predicted molar refractivity (Wildman–Crippen MR) is 79.1 cm³/mol. The maximum Gasteiger partial charge on any atom is 0.265 e. The molecule has 1 aliphatic rings. The SMILES string of the molecule is Nc1ccc(Cl)cc1NC(=O)C1Cc2ccccc2O1. The molecule has 0 bridgehead atoms. The second-order valence-corrected chi connectivity index (χ2v) is 5.08. The number of para-hydroxylation sites is 1. The van der Waals surface area contributed by atoms with E-state index in [2.05, 4.69) is 5.32 Å². The molecule has 3 rings (SSSR count). The molecule has 4 nitrogen and oxygen atoms in total. The van der Waals surface area contributed by atoms with E-state index in [4.69, 9.17) is 22.1 Å². The molecule has 1 aliphatic heterocycles. The lowest BCUT2D eigenvalue weighted by Gasteiger charge is -2.13. The van der Waals surface area contributed by atoms with Gasteiger partial charge in [-0.1, -0.05) is 29.8 Å². The number of fused-ring (bicyclic) bond motifs is 1. The predicted octanol–water partition coefficient (Wildman–Crippen LogP) is 2.86. The zero-order valence-corrected chi connectivity index (χ0v) is 11.4. The lowest BCUT2D eigenvalue weighted by atomic mass is 10.1. The van der Waals surface area contributed by atoms with Crippen LogP contribution in [0.1, 0.15) is 5.56 Å². The van der Waals surface area contributed by atoms with E-state index in [0.29, 0.717) is 22.8 Å². The highest BCUT2D eigenvalue weighted by atomic mass is 35.5. The third kappa shape index (κ3) is 2.42. The van der Waals surface area contributed by atoms with Crippen LogP contribution in [-0.2, 0) is 11.2 Å². The molecule has 2 aromatic carbocycles. The van der Waals surface area contributed by atoms with Crippen molar-refractivity contribution in [2.45, 2.75) is 12.5 Å². The fourth-order valence-electron chi connectivity index (χ4n) is 2.18. The standard InChI is InChI=1S/C15H13ClN2O2/c16-10-5-6-11(17)12(8-10)18-15(19)14-7-9-3-1-2-4-13(9)20-14/h1-6,8,14H,7,17H2,(H,18,19). The average molecular weight is 289 g/mol. The number of ether oxygens (including phenoxy) is 1. The van der Waals surface area contributed by atoms with E-state index in [1.807, 2.05) is 24.3 Å². The molecule has 0 fully saturated rings. The summed E-state index contributed by atoms with van der Waals surface area (Å²) >= 11 is 5.89. The van der Waals surface area contributed by atoms with E-state index in [1.165, 1.54) is 0 Å². The Labute approximate surface area is 121 Å². The second kappa shape index (κ2) is 5.06. The van der Waals surface area contributed by atoms with Crippen molar-refractivity contribution in [1.29, 1.82) is 0 Å². The van der Waals surface area contributed by atoms with Gasteiger partial charge in [0.1, 0.15) is 5.75 Å². The summed E-state index contributed by atoms with van der Waals surface area (Å²) in [6.45, 7) is 0. The molecule has 20 heavy (non-hydrogen) atoms. The molecule has 3 N–H and O–H groups in total. The first kappa shape index (κ1) is 12.8. The quantitative estimate of drug-likeness (QED) is 0.835. The third-order valence-corrected chi connectivity index (χ3v) is 3.45. The fraction of sp³-hybridized carbons (Fsp3) is 0.133. The van der Waals surface area contributed by atoms with Crippen LogP contribution in [0.15, 0.2) is 42.5 Å². The molecule has 0 aliphatic carbocycles. The molecule has 0 aromatic heterocycles. The minimum Gasteiger partial charge on any atom is -0.480 e. The van der Waals surface area contributed by atoms with E-state index < -0.39 is 6.10 Å². The highest BCUT2D eigenvalue weighted by Crippen LogP contribution is 2.29. The van der Waals surface area contributed by atoms with Gasteiger partial charge in [0.2, 0.25) is 0 Å². The van der Waals surface area contributed by atoms with Gasteiger partial charge in [-0.2, -0.15) is 0 Å². The van der Waals surface area contributed by atoms with Gasteiger partial charge in [-0.3, -0.25) is 4.79 Å². The minimum atomic E-state index is -0.536. The Bertz CT molecular complexity index is 648. The molecular formula is C15H13ClN2O2. The highest BCUT2D eigenvalue weighted by molar-refractivity contribution is 6.31. The van der Waals surface area contributed by atoms with E-state index in [9.17, 15) is 4.79 Å². The van der Waals surface area contributed by atoms with Gasteiger partial charge in [0, 0.05) is 11.4 Å². The number of hydrogen-bond acceptors (Lipinski definition) is 3. The molecule has 0 saturated carbocycles. The van der Waals surface area contributed by atoms with Gasteiger partial charge in [-0.15, -0.1) is 0 Å². The topological polar surface area (TPSA) is 64.3 Å². The van der Waals surface area contributed by atoms with Crippen LogP contribution < -0.4 is 15.8 Å². The van der Waals surface area contributed by atoms with Gasteiger partial charge in [-0.05, 0) is 29.8 Å². The molecule has 1 atom stereocenters. The monoisotopic (exact) mass is 288 g/mol. The zero-order valence-electron chi connectivity index (χ0n) is 10.6. The van der Waals surface area contributed by atoms with E-state index >= 15 is 0 Å². The Morgan fingerprint density at radius 1 is 1.30 bits per heavy atom.